The Morgan fingerprint density at radius 2 is 2.17 bits per heavy atom. The molecule has 0 aliphatic carbocycles. The van der Waals surface area contributed by atoms with E-state index < -0.39 is 0 Å². The van der Waals surface area contributed by atoms with E-state index in [1.807, 2.05) is 0 Å². The number of rotatable bonds is 5. The number of tetrazole rings is 1. The zero-order valence-corrected chi connectivity index (χ0v) is 8.79. The van der Waals surface area contributed by atoms with Crippen LogP contribution in [-0.4, -0.2) is 19.2 Å². The van der Waals surface area contributed by atoms with Gasteiger partial charge in [-0.2, -0.15) is 0 Å². The van der Waals surface area contributed by atoms with Gasteiger partial charge in [0.05, 0.1) is 0 Å². The monoisotopic (exact) mass is 232 g/mol. The lowest BCUT2D eigenvalue weighted by Crippen LogP contribution is -1.89. The summed E-state index contributed by atoms with van der Waals surface area (Å²) in [5.74, 6) is 0.822. The zero-order valence-electron chi connectivity index (χ0n) is 7.20. The molecule has 0 amide bonds. The Morgan fingerprint density at radius 3 is 2.75 bits per heavy atom. The summed E-state index contributed by atoms with van der Waals surface area (Å²) in [6, 6.07) is 0. The predicted molar refractivity (Wildman–Crippen MR) is 50.0 cm³/mol. The summed E-state index contributed by atoms with van der Waals surface area (Å²) >= 11 is 3.09. The van der Waals surface area contributed by atoms with E-state index in [0.29, 0.717) is 0 Å². The topological polar surface area (TPSA) is 43.6 Å². The van der Waals surface area contributed by atoms with Crippen LogP contribution in [0.5, 0.6) is 0 Å². The average Bonchev–Trinajstić information content (AvgIpc) is 2.45. The molecule has 0 aromatic carbocycles. The standard InChI is InChI=1S/C7H13BrN4/c1-2-3-4-5-6-7-9-11-12(8)10-7/h2-6H2,1H3. The fourth-order valence-electron chi connectivity index (χ4n) is 1.03. The summed E-state index contributed by atoms with van der Waals surface area (Å²) in [4.78, 5) is 0. The third kappa shape index (κ3) is 3.30. The van der Waals surface area contributed by atoms with E-state index in [0.717, 1.165) is 18.7 Å². The Bertz CT molecular complexity index is 223. The molecule has 0 saturated heterocycles. The lowest BCUT2D eigenvalue weighted by atomic mass is 10.1. The van der Waals surface area contributed by atoms with Crippen molar-refractivity contribution in [1.82, 2.24) is 19.2 Å². The summed E-state index contributed by atoms with van der Waals surface area (Å²) in [5, 5.41) is 11.6. The van der Waals surface area contributed by atoms with Gasteiger partial charge < -0.3 is 0 Å². The van der Waals surface area contributed by atoms with Gasteiger partial charge in [-0.05, 0) is 11.6 Å². The van der Waals surface area contributed by atoms with E-state index in [4.69, 9.17) is 0 Å². The minimum atomic E-state index is 0.822. The molecule has 0 N–H and O–H groups in total. The van der Waals surface area contributed by atoms with E-state index in [1.54, 1.807) is 0 Å². The number of nitrogens with zero attached hydrogens (tertiary/aromatic N) is 4. The van der Waals surface area contributed by atoms with Crippen LogP contribution in [0.3, 0.4) is 0 Å². The van der Waals surface area contributed by atoms with Crippen LogP contribution in [0, 0.1) is 0 Å². The largest absolute Gasteiger partial charge is 0.175 e. The number of aromatic nitrogens is 4. The van der Waals surface area contributed by atoms with E-state index in [2.05, 4.69) is 38.5 Å². The van der Waals surface area contributed by atoms with Crippen molar-refractivity contribution < 1.29 is 0 Å². The highest BCUT2D eigenvalue weighted by Gasteiger charge is 1.99. The van der Waals surface area contributed by atoms with Crippen LogP contribution in [0.1, 0.15) is 38.4 Å². The first-order valence-electron chi connectivity index (χ1n) is 4.28. The van der Waals surface area contributed by atoms with Crippen LogP contribution in [0.25, 0.3) is 0 Å². The van der Waals surface area contributed by atoms with E-state index in [-0.39, 0.29) is 0 Å². The highest BCUT2D eigenvalue weighted by atomic mass is 79.9. The van der Waals surface area contributed by atoms with Gasteiger partial charge in [-0.1, -0.05) is 30.0 Å². The summed E-state index contributed by atoms with van der Waals surface area (Å²) in [6.45, 7) is 2.20. The summed E-state index contributed by atoms with van der Waals surface area (Å²) in [7, 11) is 0. The van der Waals surface area contributed by atoms with E-state index in [9.17, 15) is 0 Å². The molecule has 4 nitrogen and oxygen atoms in total. The Labute approximate surface area is 80.7 Å². The second-order valence-corrected chi connectivity index (χ2v) is 3.39. The van der Waals surface area contributed by atoms with Gasteiger partial charge in [0.25, 0.3) is 0 Å². The van der Waals surface area contributed by atoms with Crippen LogP contribution in [-0.2, 0) is 6.42 Å². The van der Waals surface area contributed by atoms with Crippen molar-refractivity contribution in [3.63, 3.8) is 0 Å². The molecule has 0 unspecified atom stereocenters. The van der Waals surface area contributed by atoms with E-state index in [1.165, 1.54) is 23.1 Å². The number of halogens is 1. The number of hydrogen-bond acceptors (Lipinski definition) is 3. The zero-order chi connectivity index (χ0) is 8.81. The molecule has 0 bridgehead atoms. The van der Waals surface area contributed by atoms with Gasteiger partial charge in [0, 0.05) is 6.42 Å². The first-order chi connectivity index (χ1) is 5.83. The van der Waals surface area contributed by atoms with Gasteiger partial charge in [0.15, 0.2) is 5.82 Å². The molecule has 0 aliphatic rings. The number of aryl methyl sites for hydroxylation is 1. The smallest absolute Gasteiger partial charge is 0.125 e. The maximum atomic E-state index is 4.02. The maximum Gasteiger partial charge on any atom is 0.175 e. The SMILES string of the molecule is CCCCCCc1nnn(Br)n1. The van der Waals surface area contributed by atoms with Crippen molar-refractivity contribution in [3.05, 3.63) is 5.82 Å². The molecular formula is C7H13BrN4. The molecule has 0 atom stereocenters. The fourth-order valence-corrected chi connectivity index (χ4v) is 1.29. The molecule has 1 rings (SSSR count). The van der Waals surface area contributed by atoms with Crippen molar-refractivity contribution in [3.8, 4) is 0 Å². The van der Waals surface area contributed by atoms with Gasteiger partial charge in [-0.25, -0.2) is 0 Å². The van der Waals surface area contributed by atoms with Crippen LogP contribution in [0.2, 0.25) is 0 Å². The molecule has 0 radical (unpaired) electrons. The Hall–Kier alpha value is -0.450. The quantitative estimate of drug-likeness (QED) is 0.730. The normalized spacial score (nSPS) is 10.5. The predicted octanol–water partition coefficient (Wildman–Crippen LogP) is 1.95. The lowest BCUT2D eigenvalue weighted by molar-refractivity contribution is 0.652. The molecule has 5 heteroatoms. The highest BCUT2D eigenvalue weighted by molar-refractivity contribution is 9.08. The van der Waals surface area contributed by atoms with Crippen LogP contribution in [0.15, 0.2) is 0 Å². The molecule has 68 valence electrons. The first-order valence-corrected chi connectivity index (χ1v) is 4.99. The molecule has 1 aromatic rings. The van der Waals surface area contributed by atoms with E-state index >= 15 is 0 Å². The lowest BCUT2D eigenvalue weighted by Gasteiger charge is -1.93. The minimum absolute atomic E-state index is 0.822. The van der Waals surface area contributed by atoms with Crippen molar-refractivity contribution in [2.75, 3.05) is 0 Å². The first kappa shape index (κ1) is 9.64. The molecule has 0 spiro atoms. The Morgan fingerprint density at radius 1 is 1.33 bits per heavy atom. The van der Waals surface area contributed by atoms with Crippen LogP contribution in [0.4, 0.5) is 0 Å². The van der Waals surface area contributed by atoms with Crippen molar-refractivity contribution in [1.29, 1.82) is 0 Å². The van der Waals surface area contributed by atoms with Gasteiger partial charge in [-0.3, -0.25) is 0 Å². The van der Waals surface area contributed by atoms with Crippen molar-refractivity contribution in [2.24, 2.45) is 0 Å². The second-order valence-electron chi connectivity index (χ2n) is 2.76. The highest BCUT2D eigenvalue weighted by Crippen LogP contribution is 2.03. The maximum absolute atomic E-state index is 4.02. The summed E-state index contributed by atoms with van der Waals surface area (Å²) in [6.07, 6.45) is 5.91. The fraction of sp³-hybridized carbons (Fsp3) is 0.857. The molecule has 0 aliphatic heterocycles. The van der Waals surface area contributed by atoms with Gasteiger partial charge >= 0.3 is 0 Å². The number of hydrogen-bond donors (Lipinski definition) is 0. The molecule has 0 fully saturated rings. The molecular weight excluding hydrogens is 220 g/mol. The molecule has 1 heterocycles. The Balaban J connectivity index is 2.15. The minimum Gasteiger partial charge on any atom is -0.125 e. The van der Waals surface area contributed by atoms with Crippen LogP contribution < -0.4 is 0 Å². The van der Waals surface area contributed by atoms with Gasteiger partial charge in [-0.15, -0.1) is 10.2 Å². The van der Waals surface area contributed by atoms with Crippen molar-refractivity contribution >= 4 is 16.1 Å². The Kier molecular flexibility index (Phi) is 4.21. The molecule has 1 aromatic heterocycles. The van der Waals surface area contributed by atoms with Gasteiger partial charge in [0.2, 0.25) is 0 Å². The third-order valence-electron chi connectivity index (χ3n) is 1.69. The number of unbranched alkanes of at least 4 members (excludes halogenated alkanes) is 3. The van der Waals surface area contributed by atoms with Crippen LogP contribution >= 0.6 is 16.1 Å². The third-order valence-corrected chi connectivity index (χ3v) is 1.99. The average molecular weight is 233 g/mol. The summed E-state index contributed by atoms with van der Waals surface area (Å²) < 4.78 is 1.32. The van der Waals surface area contributed by atoms with Crippen molar-refractivity contribution in [2.45, 2.75) is 39.0 Å². The van der Waals surface area contributed by atoms with Gasteiger partial charge in [0.1, 0.15) is 16.1 Å². The summed E-state index contributed by atoms with van der Waals surface area (Å²) in [5.41, 5.74) is 0. The second kappa shape index (κ2) is 5.24. The molecule has 12 heavy (non-hydrogen) atoms. The molecule has 0 saturated carbocycles.